The zero-order valence-corrected chi connectivity index (χ0v) is 9.33. The molecule has 0 aliphatic carbocycles. The SMILES string of the molecule is CCCCCCN=CCCCl.Cl. The summed E-state index contributed by atoms with van der Waals surface area (Å²) in [5.41, 5.74) is 0. The lowest BCUT2D eigenvalue weighted by molar-refractivity contribution is 0.675. The maximum Gasteiger partial charge on any atom is 0.0385 e. The molecule has 0 spiro atoms. The number of rotatable bonds is 7. The van der Waals surface area contributed by atoms with E-state index in [-0.39, 0.29) is 12.4 Å². The summed E-state index contributed by atoms with van der Waals surface area (Å²) in [4.78, 5) is 4.22. The van der Waals surface area contributed by atoms with Gasteiger partial charge in [0.15, 0.2) is 0 Å². The van der Waals surface area contributed by atoms with Gasteiger partial charge in [0.05, 0.1) is 0 Å². The number of alkyl halides is 1. The van der Waals surface area contributed by atoms with Gasteiger partial charge in [0.1, 0.15) is 0 Å². The Balaban J connectivity index is 0. The third-order valence-corrected chi connectivity index (χ3v) is 1.73. The van der Waals surface area contributed by atoms with Gasteiger partial charge in [-0.2, -0.15) is 0 Å². The lowest BCUT2D eigenvalue weighted by atomic mass is 10.2. The largest absolute Gasteiger partial charge is 0.297 e. The second kappa shape index (κ2) is 13.8. The molecule has 0 unspecified atom stereocenters. The Morgan fingerprint density at radius 1 is 1.25 bits per heavy atom. The van der Waals surface area contributed by atoms with E-state index in [1.54, 1.807) is 0 Å². The van der Waals surface area contributed by atoms with Crippen molar-refractivity contribution in [3.05, 3.63) is 0 Å². The topological polar surface area (TPSA) is 12.4 Å². The Bertz CT molecular complexity index is 94.5. The summed E-state index contributed by atoms with van der Waals surface area (Å²) < 4.78 is 0. The Kier molecular flexibility index (Phi) is 17.0. The van der Waals surface area contributed by atoms with Crippen molar-refractivity contribution in [1.82, 2.24) is 0 Å². The molecule has 0 aromatic heterocycles. The Morgan fingerprint density at radius 2 is 2.00 bits per heavy atom. The average Bonchev–Trinajstić information content (AvgIpc) is 2.03. The first kappa shape index (κ1) is 14.8. The highest BCUT2D eigenvalue weighted by Crippen LogP contribution is 1.98. The summed E-state index contributed by atoms with van der Waals surface area (Å²) in [7, 11) is 0. The van der Waals surface area contributed by atoms with Gasteiger partial charge in [-0.15, -0.1) is 24.0 Å². The minimum atomic E-state index is 0. The van der Waals surface area contributed by atoms with Crippen LogP contribution in [0.4, 0.5) is 0 Å². The van der Waals surface area contributed by atoms with Crippen LogP contribution in [-0.4, -0.2) is 18.6 Å². The second-order valence-electron chi connectivity index (χ2n) is 2.63. The molecule has 0 aromatic carbocycles. The molecule has 0 N–H and O–H groups in total. The number of hydrogen-bond acceptors (Lipinski definition) is 1. The van der Waals surface area contributed by atoms with Gasteiger partial charge in [-0.1, -0.05) is 26.2 Å². The standard InChI is InChI=1S/C9H18ClN.ClH/c1-2-3-4-5-8-11-9-6-7-10;/h9H,2-8H2,1H3;1H. The van der Waals surface area contributed by atoms with E-state index in [1.807, 2.05) is 6.21 Å². The van der Waals surface area contributed by atoms with E-state index in [2.05, 4.69) is 11.9 Å². The van der Waals surface area contributed by atoms with Crippen molar-refractivity contribution in [2.45, 2.75) is 39.0 Å². The van der Waals surface area contributed by atoms with Crippen LogP contribution in [0.15, 0.2) is 4.99 Å². The van der Waals surface area contributed by atoms with Crippen molar-refractivity contribution in [3.63, 3.8) is 0 Å². The van der Waals surface area contributed by atoms with Crippen molar-refractivity contribution < 1.29 is 0 Å². The van der Waals surface area contributed by atoms with Crippen molar-refractivity contribution in [2.24, 2.45) is 4.99 Å². The van der Waals surface area contributed by atoms with Gasteiger partial charge >= 0.3 is 0 Å². The smallest absolute Gasteiger partial charge is 0.0385 e. The highest BCUT2D eigenvalue weighted by atomic mass is 35.5. The lowest BCUT2D eigenvalue weighted by Crippen LogP contribution is -1.83. The van der Waals surface area contributed by atoms with E-state index in [4.69, 9.17) is 11.6 Å². The van der Waals surface area contributed by atoms with Crippen LogP contribution >= 0.6 is 24.0 Å². The van der Waals surface area contributed by atoms with Gasteiger partial charge in [0.2, 0.25) is 0 Å². The van der Waals surface area contributed by atoms with Gasteiger partial charge in [-0.25, -0.2) is 0 Å². The summed E-state index contributed by atoms with van der Waals surface area (Å²) in [5.74, 6) is 0.693. The predicted molar refractivity (Wildman–Crippen MR) is 60.1 cm³/mol. The first-order valence-electron chi connectivity index (χ1n) is 4.46. The molecular weight excluding hydrogens is 193 g/mol. The minimum absolute atomic E-state index is 0. The highest BCUT2D eigenvalue weighted by molar-refractivity contribution is 6.18. The summed E-state index contributed by atoms with van der Waals surface area (Å²) in [6, 6.07) is 0. The van der Waals surface area contributed by atoms with Gasteiger partial charge in [-0.3, -0.25) is 4.99 Å². The minimum Gasteiger partial charge on any atom is -0.297 e. The monoisotopic (exact) mass is 211 g/mol. The van der Waals surface area contributed by atoms with Crippen molar-refractivity contribution >= 4 is 30.2 Å². The molecule has 74 valence electrons. The summed E-state index contributed by atoms with van der Waals surface area (Å²) in [5, 5.41) is 0. The zero-order chi connectivity index (χ0) is 8.36. The van der Waals surface area contributed by atoms with E-state index >= 15 is 0 Å². The molecule has 0 aliphatic heterocycles. The first-order valence-corrected chi connectivity index (χ1v) is 4.99. The highest BCUT2D eigenvalue weighted by Gasteiger charge is 1.84. The number of halogens is 2. The van der Waals surface area contributed by atoms with Crippen molar-refractivity contribution in [1.29, 1.82) is 0 Å². The van der Waals surface area contributed by atoms with E-state index in [0.29, 0.717) is 5.88 Å². The van der Waals surface area contributed by atoms with E-state index in [0.717, 1.165) is 13.0 Å². The van der Waals surface area contributed by atoms with Crippen LogP contribution in [0.3, 0.4) is 0 Å². The van der Waals surface area contributed by atoms with Crippen LogP contribution in [0, 0.1) is 0 Å². The predicted octanol–water partition coefficient (Wildman–Crippen LogP) is 3.69. The number of unbranched alkanes of at least 4 members (excludes halogenated alkanes) is 3. The molecule has 3 heteroatoms. The molecule has 0 aliphatic rings. The van der Waals surface area contributed by atoms with E-state index in [9.17, 15) is 0 Å². The second-order valence-corrected chi connectivity index (χ2v) is 3.01. The molecule has 0 saturated heterocycles. The molecule has 0 heterocycles. The van der Waals surface area contributed by atoms with E-state index in [1.165, 1.54) is 25.7 Å². The lowest BCUT2D eigenvalue weighted by Gasteiger charge is -1.93. The van der Waals surface area contributed by atoms with Gasteiger partial charge < -0.3 is 0 Å². The molecule has 0 fully saturated rings. The van der Waals surface area contributed by atoms with Crippen LogP contribution < -0.4 is 0 Å². The number of aliphatic imine (C=N–C) groups is 1. The maximum absolute atomic E-state index is 5.47. The fourth-order valence-electron chi connectivity index (χ4n) is 0.861. The van der Waals surface area contributed by atoms with Gasteiger partial charge in [0.25, 0.3) is 0 Å². The van der Waals surface area contributed by atoms with Gasteiger partial charge in [0, 0.05) is 12.4 Å². The first-order chi connectivity index (χ1) is 5.41. The molecule has 0 rings (SSSR count). The molecule has 0 saturated carbocycles. The van der Waals surface area contributed by atoms with Crippen LogP contribution in [0.25, 0.3) is 0 Å². The van der Waals surface area contributed by atoms with Crippen LogP contribution in [0.5, 0.6) is 0 Å². The quantitative estimate of drug-likeness (QED) is 0.346. The molecule has 0 aromatic rings. The molecule has 1 nitrogen and oxygen atoms in total. The fraction of sp³-hybridized carbons (Fsp3) is 0.889. The number of hydrogen-bond donors (Lipinski definition) is 0. The van der Waals surface area contributed by atoms with Crippen LogP contribution in [0.2, 0.25) is 0 Å². The summed E-state index contributed by atoms with van der Waals surface area (Å²) >= 11 is 5.47. The Hall–Kier alpha value is 0.250. The van der Waals surface area contributed by atoms with Crippen molar-refractivity contribution in [3.8, 4) is 0 Å². The molecule has 12 heavy (non-hydrogen) atoms. The molecular formula is C9H19Cl2N. The molecule has 0 atom stereocenters. The third-order valence-electron chi connectivity index (χ3n) is 1.51. The summed E-state index contributed by atoms with van der Waals surface area (Å²) in [6.07, 6.45) is 8.02. The van der Waals surface area contributed by atoms with Crippen LogP contribution in [0.1, 0.15) is 39.0 Å². The Labute approximate surface area is 87.0 Å². The summed E-state index contributed by atoms with van der Waals surface area (Å²) in [6.45, 7) is 3.20. The maximum atomic E-state index is 5.47. The molecule has 0 bridgehead atoms. The van der Waals surface area contributed by atoms with Gasteiger partial charge in [-0.05, 0) is 19.1 Å². The average molecular weight is 212 g/mol. The zero-order valence-electron chi connectivity index (χ0n) is 7.76. The fourth-order valence-corrected chi connectivity index (χ4v) is 0.959. The van der Waals surface area contributed by atoms with E-state index < -0.39 is 0 Å². The molecule has 0 radical (unpaired) electrons. The Morgan fingerprint density at radius 3 is 2.58 bits per heavy atom. The van der Waals surface area contributed by atoms with Crippen molar-refractivity contribution in [2.75, 3.05) is 12.4 Å². The molecule has 0 amide bonds. The third kappa shape index (κ3) is 12.9. The van der Waals surface area contributed by atoms with Crippen LogP contribution in [-0.2, 0) is 0 Å². The number of nitrogens with zero attached hydrogens (tertiary/aromatic N) is 1. The normalized spacial score (nSPS) is 10.2.